The van der Waals surface area contributed by atoms with Gasteiger partial charge < -0.3 is 9.09 Å². The van der Waals surface area contributed by atoms with Crippen molar-refractivity contribution in [2.75, 3.05) is 0 Å². The molecule has 0 spiro atoms. The fraction of sp³-hybridized carbons (Fsp3) is 0.211. The number of nitrogens with zero attached hydrogens (tertiary/aromatic N) is 4. The molecule has 13 heteroatoms. The number of alkyl halides is 3. The molecule has 0 radical (unpaired) electrons. The third kappa shape index (κ3) is 4.49. The number of thioether (sulfide) groups is 1. The Morgan fingerprint density at radius 3 is 2.47 bits per heavy atom. The van der Waals surface area contributed by atoms with Gasteiger partial charge in [0.25, 0.3) is 0 Å². The number of nitrogens with two attached hydrogens (primary N) is 1. The van der Waals surface area contributed by atoms with Gasteiger partial charge in [-0.15, -0.1) is 0 Å². The van der Waals surface area contributed by atoms with E-state index in [4.69, 9.17) is 9.66 Å². The molecule has 0 saturated carbocycles. The Hall–Kier alpha value is -2.90. The maximum Gasteiger partial charge on any atom is 0.416 e. The van der Waals surface area contributed by atoms with Gasteiger partial charge in [-0.25, -0.2) is 18.5 Å². The molecule has 4 aromatic rings. The first-order valence-corrected chi connectivity index (χ1v) is 11.8. The number of sulfonamides is 1. The second-order valence-corrected chi connectivity index (χ2v) is 9.21. The van der Waals surface area contributed by atoms with Gasteiger partial charge in [-0.3, -0.25) is 0 Å². The van der Waals surface area contributed by atoms with Gasteiger partial charge in [0, 0.05) is 12.1 Å². The van der Waals surface area contributed by atoms with Crippen LogP contribution in [0, 0.1) is 0 Å². The first-order chi connectivity index (χ1) is 15.1. The van der Waals surface area contributed by atoms with Crippen molar-refractivity contribution in [2.24, 2.45) is 5.14 Å². The van der Waals surface area contributed by atoms with Crippen molar-refractivity contribution in [3.63, 3.8) is 0 Å². The molecule has 4 rings (SSSR count). The van der Waals surface area contributed by atoms with Crippen LogP contribution in [0.5, 0.6) is 0 Å². The number of benzene rings is 2. The number of rotatable bonds is 6. The Bertz CT molecular complexity index is 1380. The molecular weight excluding hydrogens is 467 g/mol. The van der Waals surface area contributed by atoms with Gasteiger partial charge in [-0.1, -0.05) is 29.1 Å². The monoisotopic (exact) mass is 483 g/mol. The molecule has 2 aromatic carbocycles. The number of aromatic nitrogens is 4. The molecule has 8 nitrogen and oxygen atoms in total. The first kappa shape index (κ1) is 22.3. The zero-order valence-electron chi connectivity index (χ0n) is 16.5. The van der Waals surface area contributed by atoms with E-state index < -0.39 is 21.8 Å². The Balaban J connectivity index is 1.53. The van der Waals surface area contributed by atoms with E-state index in [2.05, 4.69) is 15.1 Å². The summed E-state index contributed by atoms with van der Waals surface area (Å²) < 4.78 is 68.4. The predicted molar refractivity (Wildman–Crippen MR) is 111 cm³/mol. The standard InChI is InChI=1S/C19H16F3N5O3S2/c1-2-27-15-8-7-13(32(23,28)29)9-14(15)24-18(27)31-10-16-25-17(26-30-16)11-3-5-12(6-4-11)19(20,21)22/h3-9H,2,10H2,1H3,(H2,23,28,29). The average Bonchev–Trinajstić information content (AvgIpc) is 3.34. The summed E-state index contributed by atoms with van der Waals surface area (Å²) >= 11 is 1.30. The molecule has 32 heavy (non-hydrogen) atoms. The molecular formula is C19H16F3N5O3S2. The summed E-state index contributed by atoms with van der Waals surface area (Å²) in [6.07, 6.45) is -4.42. The minimum Gasteiger partial charge on any atom is -0.338 e. The van der Waals surface area contributed by atoms with E-state index in [1.165, 1.54) is 36.0 Å². The van der Waals surface area contributed by atoms with Gasteiger partial charge in [0.2, 0.25) is 21.7 Å². The summed E-state index contributed by atoms with van der Waals surface area (Å²) in [5.41, 5.74) is 0.870. The van der Waals surface area contributed by atoms with Crippen molar-refractivity contribution in [3.8, 4) is 11.4 Å². The molecule has 0 saturated heterocycles. The highest BCUT2D eigenvalue weighted by molar-refractivity contribution is 7.98. The maximum absolute atomic E-state index is 12.7. The molecule has 0 aliphatic carbocycles. The number of primary sulfonamides is 1. The van der Waals surface area contributed by atoms with Crippen LogP contribution in [0.4, 0.5) is 13.2 Å². The smallest absolute Gasteiger partial charge is 0.338 e. The minimum absolute atomic E-state index is 0.0274. The van der Waals surface area contributed by atoms with Crippen molar-refractivity contribution in [3.05, 3.63) is 53.9 Å². The summed E-state index contributed by atoms with van der Waals surface area (Å²) in [6, 6.07) is 8.96. The number of hydrogen-bond acceptors (Lipinski definition) is 7. The van der Waals surface area contributed by atoms with Gasteiger partial charge >= 0.3 is 6.18 Å². The normalized spacial score (nSPS) is 12.5. The molecule has 0 atom stereocenters. The molecule has 168 valence electrons. The van der Waals surface area contributed by atoms with Gasteiger partial charge in [0.05, 0.1) is 27.2 Å². The zero-order chi connectivity index (χ0) is 23.1. The highest BCUT2D eigenvalue weighted by Gasteiger charge is 2.30. The lowest BCUT2D eigenvalue weighted by atomic mass is 10.1. The molecule has 0 aliphatic rings. The highest BCUT2D eigenvalue weighted by Crippen LogP contribution is 2.31. The molecule has 0 fully saturated rings. The van der Waals surface area contributed by atoms with Crippen LogP contribution in [0.15, 0.2) is 57.0 Å². The van der Waals surface area contributed by atoms with E-state index in [1.54, 1.807) is 6.07 Å². The van der Waals surface area contributed by atoms with Crippen LogP contribution in [-0.2, 0) is 28.5 Å². The molecule has 0 unspecified atom stereocenters. The number of hydrogen-bond donors (Lipinski definition) is 1. The summed E-state index contributed by atoms with van der Waals surface area (Å²) in [7, 11) is -3.85. The summed E-state index contributed by atoms with van der Waals surface area (Å²) in [5.74, 6) is 0.708. The molecule has 0 amide bonds. The zero-order valence-corrected chi connectivity index (χ0v) is 18.1. The van der Waals surface area contributed by atoms with Crippen molar-refractivity contribution in [1.82, 2.24) is 19.7 Å². The summed E-state index contributed by atoms with van der Waals surface area (Å²) in [4.78, 5) is 8.68. The van der Waals surface area contributed by atoms with Gasteiger partial charge in [0.1, 0.15) is 0 Å². The van der Waals surface area contributed by atoms with Crippen LogP contribution in [0.2, 0.25) is 0 Å². The molecule has 2 N–H and O–H groups in total. The molecule has 2 heterocycles. The van der Waals surface area contributed by atoms with Crippen molar-refractivity contribution >= 4 is 32.8 Å². The topological polar surface area (TPSA) is 117 Å². The number of fused-ring (bicyclic) bond motifs is 1. The quantitative estimate of drug-likeness (QED) is 0.411. The summed E-state index contributed by atoms with van der Waals surface area (Å²) in [6.45, 7) is 2.52. The SMILES string of the molecule is CCn1c(SCc2nc(-c3ccc(C(F)(F)F)cc3)no2)nc2cc(S(N)(=O)=O)ccc21. The van der Waals surface area contributed by atoms with Gasteiger partial charge in [-0.05, 0) is 37.3 Å². The van der Waals surface area contributed by atoms with E-state index in [-0.39, 0.29) is 22.4 Å². The van der Waals surface area contributed by atoms with E-state index in [1.807, 2.05) is 11.5 Å². The maximum atomic E-state index is 12.7. The van der Waals surface area contributed by atoms with E-state index >= 15 is 0 Å². The van der Waals surface area contributed by atoms with Crippen molar-refractivity contribution < 1.29 is 26.1 Å². The summed E-state index contributed by atoms with van der Waals surface area (Å²) in [5, 5.41) is 9.63. The van der Waals surface area contributed by atoms with Crippen molar-refractivity contribution in [1.29, 1.82) is 0 Å². The number of aryl methyl sites for hydroxylation is 1. The van der Waals surface area contributed by atoms with Crippen LogP contribution in [0.25, 0.3) is 22.4 Å². The first-order valence-electron chi connectivity index (χ1n) is 9.22. The highest BCUT2D eigenvalue weighted by atomic mass is 32.2. The van der Waals surface area contributed by atoms with Crippen LogP contribution in [0.1, 0.15) is 18.4 Å². The number of halogens is 3. The lowest BCUT2D eigenvalue weighted by molar-refractivity contribution is -0.137. The minimum atomic E-state index is -4.42. The van der Waals surface area contributed by atoms with E-state index in [0.717, 1.165) is 17.6 Å². The van der Waals surface area contributed by atoms with Crippen LogP contribution < -0.4 is 5.14 Å². The van der Waals surface area contributed by atoms with Gasteiger partial charge in [0.15, 0.2) is 5.16 Å². The van der Waals surface area contributed by atoms with Crippen LogP contribution in [-0.4, -0.2) is 28.1 Å². The Morgan fingerprint density at radius 2 is 1.84 bits per heavy atom. The fourth-order valence-electron chi connectivity index (χ4n) is 3.05. The second kappa shape index (κ2) is 8.22. The molecule has 2 aromatic heterocycles. The lowest BCUT2D eigenvalue weighted by Crippen LogP contribution is -2.11. The molecule has 0 aliphatic heterocycles. The molecule has 0 bridgehead atoms. The number of imidazole rings is 1. The van der Waals surface area contributed by atoms with Crippen LogP contribution in [0.3, 0.4) is 0 Å². The Labute approximate surface area is 184 Å². The Kier molecular flexibility index (Phi) is 5.73. The van der Waals surface area contributed by atoms with Gasteiger partial charge in [-0.2, -0.15) is 18.2 Å². The second-order valence-electron chi connectivity index (χ2n) is 6.71. The van der Waals surface area contributed by atoms with E-state index in [9.17, 15) is 21.6 Å². The fourth-order valence-corrected chi connectivity index (χ4v) is 4.50. The largest absolute Gasteiger partial charge is 0.416 e. The lowest BCUT2D eigenvalue weighted by Gasteiger charge is -2.05. The van der Waals surface area contributed by atoms with Crippen LogP contribution >= 0.6 is 11.8 Å². The third-order valence-electron chi connectivity index (χ3n) is 4.59. The Morgan fingerprint density at radius 1 is 1.12 bits per heavy atom. The average molecular weight is 483 g/mol. The third-order valence-corrected chi connectivity index (χ3v) is 6.46. The van der Waals surface area contributed by atoms with E-state index in [0.29, 0.717) is 22.8 Å². The predicted octanol–water partition coefficient (Wildman–Crippen LogP) is 4.06. The van der Waals surface area contributed by atoms with Crippen molar-refractivity contribution in [2.45, 2.75) is 35.4 Å².